The summed E-state index contributed by atoms with van der Waals surface area (Å²) >= 11 is 0. The van der Waals surface area contributed by atoms with Gasteiger partial charge in [-0.25, -0.2) is 9.18 Å². The average Bonchev–Trinajstić information content (AvgIpc) is 2.51. The largest absolute Gasteiger partial charge is 0.466 e. The van der Waals surface area contributed by atoms with Crippen LogP contribution in [0.2, 0.25) is 0 Å². The molecule has 0 amide bonds. The second-order valence-corrected chi connectivity index (χ2v) is 4.53. The second kappa shape index (κ2) is 7.03. The van der Waals surface area contributed by atoms with Gasteiger partial charge in [-0.3, -0.25) is 0 Å². The van der Waals surface area contributed by atoms with E-state index in [-0.39, 0.29) is 5.56 Å². The van der Waals surface area contributed by atoms with Gasteiger partial charge in [0.05, 0.1) is 7.11 Å². The van der Waals surface area contributed by atoms with Gasteiger partial charge in [0, 0.05) is 10.5 Å². The maximum absolute atomic E-state index is 14.0. The Kier molecular flexibility index (Phi) is 5.72. The van der Waals surface area contributed by atoms with Gasteiger partial charge in [-0.15, -0.1) is 0 Å². The molecule has 0 aliphatic heterocycles. The van der Waals surface area contributed by atoms with Crippen molar-refractivity contribution < 1.29 is 41.0 Å². The fourth-order valence-corrected chi connectivity index (χ4v) is 1.76. The topological polar surface area (TPSA) is 95.3 Å². The fraction of sp³-hybridized carbons (Fsp3) is 0.308. The van der Waals surface area contributed by atoms with Crippen LogP contribution in [0.1, 0.15) is 11.1 Å². The van der Waals surface area contributed by atoms with Crippen LogP contribution in [-0.4, -0.2) is 30.5 Å². The van der Waals surface area contributed by atoms with Crippen molar-refractivity contribution in [3.8, 4) is 0 Å². The summed E-state index contributed by atoms with van der Waals surface area (Å²) < 4.78 is 82.1. The molecule has 1 aromatic carbocycles. The molecule has 1 aromatic rings. The molecule has 0 bridgehead atoms. The molecule has 0 saturated heterocycles. The van der Waals surface area contributed by atoms with E-state index in [4.69, 9.17) is 10.6 Å². The lowest BCUT2D eigenvalue weighted by Crippen LogP contribution is -2.52. The lowest BCUT2D eigenvalue weighted by Gasteiger charge is -2.31. The zero-order chi connectivity index (χ0) is 19.5. The highest BCUT2D eigenvalue weighted by Gasteiger charge is 2.72. The Labute approximate surface area is 135 Å². The molecule has 1 rings (SSSR count). The Morgan fingerprint density at radius 1 is 1.20 bits per heavy atom. The third-order valence-corrected chi connectivity index (χ3v) is 2.96. The molecule has 0 spiro atoms. The molecule has 0 radical (unpaired) electrons. The van der Waals surface area contributed by atoms with Crippen LogP contribution in [0.25, 0.3) is 16.5 Å². The van der Waals surface area contributed by atoms with Gasteiger partial charge in [-0.2, -0.15) is 22.0 Å². The highest BCUT2D eigenvalue weighted by Crippen LogP contribution is 2.51. The van der Waals surface area contributed by atoms with E-state index < -0.39 is 35.2 Å². The first-order valence-corrected chi connectivity index (χ1v) is 6.20. The van der Waals surface area contributed by atoms with E-state index in [1.54, 1.807) is 0 Å². The van der Waals surface area contributed by atoms with Crippen LogP contribution in [0.5, 0.6) is 0 Å². The Morgan fingerprint density at radius 2 is 1.72 bits per heavy atom. The second-order valence-electron chi connectivity index (χ2n) is 4.53. The van der Waals surface area contributed by atoms with Gasteiger partial charge in [0.25, 0.3) is 0 Å². The van der Waals surface area contributed by atoms with Gasteiger partial charge in [-0.1, -0.05) is 29.4 Å². The van der Waals surface area contributed by atoms with Crippen LogP contribution in [0.4, 0.5) is 26.3 Å². The van der Waals surface area contributed by atoms with Gasteiger partial charge in [-0.05, 0) is 17.2 Å². The van der Waals surface area contributed by atoms with Crippen molar-refractivity contribution in [3.63, 3.8) is 0 Å². The Hall–Kier alpha value is -2.72. The number of benzene rings is 1. The minimum Gasteiger partial charge on any atom is -0.466 e. The number of azide groups is 1. The summed E-state index contributed by atoms with van der Waals surface area (Å²) in [4.78, 5) is 13.6. The number of carbonyl (C=O) groups is 1. The minimum absolute atomic E-state index is 0.0812. The molecule has 25 heavy (non-hydrogen) atoms. The predicted molar refractivity (Wildman–Crippen MR) is 71.6 cm³/mol. The van der Waals surface area contributed by atoms with Crippen molar-refractivity contribution in [2.45, 2.75) is 18.0 Å². The molecule has 136 valence electrons. The molecule has 12 heteroatoms. The summed E-state index contributed by atoms with van der Waals surface area (Å²) in [6.45, 7) is 0. The maximum Gasteiger partial charge on any atom is 0.435 e. The van der Waals surface area contributed by atoms with E-state index >= 15 is 0 Å². The number of carbonyl (C=O) groups excluding carboxylic acids is 1. The third kappa shape index (κ3) is 4.03. The van der Waals surface area contributed by atoms with Gasteiger partial charge >= 0.3 is 23.9 Å². The Balaban J connectivity index is 3.38. The van der Waals surface area contributed by atoms with Crippen LogP contribution in [-0.2, 0) is 15.2 Å². The molecule has 0 fully saturated rings. The highest BCUT2D eigenvalue weighted by molar-refractivity contribution is 5.93. The normalized spacial score (nSPS) is 15.1. The summed E-state index contributed by atoms with van der Waals surface area (Å²) in [6, 6.07) is 2.18. The lowest BCUT2D eigenvalue weighted by molar-refractivity contribution is -0.375. The quantitative estimate of drug-likeness (QED) is 0.213. The van der Waals surface area contributed by atoms with Crippen LogP contribution in [0.3, 0.4) is 0 Å². The maximum atomic E-state index is 14.0. The van der Waals surface area contributed by atoms with Crippen LogP contribution < -0.4 is 0 Å². The number of alkyl halides is 6. The molecule has 1 unspecified atom stereocenters. The number of esters is 1. The molecular formula is C13H9F6N3O3. The molecule has 1 atom stereocenters. The van der Waals surface area contributed by atoms with Gasteiger partial charge in [0.15, 0.2) is 0 Å². The number of rotatable bonds is 5. The van der Waals surface area contributed by atoms with Crippen molar-refractivity contribution in [3.05, 3.63) is 51.5 Å². The monoisotopic (exact) mass is 369 g/mol. The van der Waals surface area contributed by atoms with Gasteiger partial charge in [0.1, 0.15) is 5.70 Å². The van der Waals surface area contributed by atoms with Gasteiger partial charge < -0.3 is 9.84 Å². The molecule has 0 saturated carbocycles. The lowest BCUT2D eigenvalue weighted by atomic mass is 9.92. The number of halogens is 6. The van der Waals surface area contributed by atoms with Crippen molar-refractivity contribution in [2.75, 3.05) is 7.11 Å². The summed E-state index contributed by atoms with van der Waals surface area (Å²) in [5, 5.41) is 11.4. The first kappa shape index (κ1) is 20.3. The minimum atomic E-state index is -6.11. The predicted octanol–water partition coefficient (Wildman–Crippen LogP) is 3.82. The Bertz CT molecular complexity index is 704. The summed E-state index contributed by atoms with van der Waals surface area (Å²) in [5.74, 6) is -1.07. The van der Waals surface area contributed by atoms with Gasteiger partial charge in [0.2, 0.25) is 0 Å². The highest BCUT2D eigenvalue weighted by atomic mass is 19.4. The SMILES string of the molecule is COC(=O)/C(=C/c1ccc(C(F)(C(O)(F)F)C(F)(F)F)cc1)N=[N+]=[N-]. The van der Waals surface area contributed by atoms with E-state index in [0.717, 1.165) is 25.3 Å². The standard InChI is InChI=1S/C13H9F6N3O3/c1-25-10(23)9(21-22-20)6-7-2-4-8(5-3-7)11(14,12(15,16)17)13(18,19)24/h2-6,24H,1H3/b9-6-. The number of aliphatic hydroxyl groups is 1. The first-order valence-electron chi connectivity index (χ1n) is 6.20. The van der Waals surface area contributed by atoms with Crippen LogP contribution in [0, 0.1) is 0 Å². The molecular weight excluding hydrogens is 360 g/mol. The first-order chi connectivity index (χ1) is 11.4. The summed E-state index contributed by atoms with van der Waals surface area (Å²) in [7, 11) is 0.969. The zero-order valence-corrected chi connectivity index (χ0v) is 12.3. The van der Waals surface area contributed by atoms with Crippen LogP contribution in [0.15, 0.2) is 35.1 Å². The average molecular weight is 369 g/mol. The van der Waals surface area contributed by atoms with Crippen molar-refractivity contribution in [1.29, 1.82) is 0 Å². The molecule has 1 N–H and O–H groups in total. The number of ether oxygens (including phenoxy) is 1. The van der Waals surface area contributed by atoms with Crippen molar-refractivity contribution in [2.24, 2.45) is 5.11 Å². The van der Waals surface area contributed by atoms with E-state index in [1.165, 1.54) is 0 Å². The van der Waals surface area contributed by atoms with E-state index in [2.05, 4.69) is 14.8 Å². The molecule has 0 aliphatic rings. The third-order valence-electron chi connectivity index (χ3n) is 2.96. The molecule has 0 heterocycles. The van der Waals surface area contributed by atoms with E-state index in [9.17, 15) is 31.1 Å². The fourth-order valence-electron chi connectivity index (χ4n) is 1.76. The number of hydrogen-bond acceptors (Lipinski definition) is 4. The van der Waals surface area contributed by atoms with E-state index in [1.807, 2.05) is 0 Å². The van der Waals surface area contributed by atoms with E-state index in [0.29, 0.717) is 12.1 Å². The van der Waals surface area contributed by atoms with Crippen molar-refractivity contribution in [1.82, 2.24) is 0 Å². The smallest absolute Gasteiger partial charge is 0.435 e. The Morgan fingerprint density at radius 3 is 2.08 bits per heavy atom. The molecule has 6 nitrogen and oxygen atoms in total. The number of nitrogens with zero attached hydrogens (tertiary/aromatic N) is 3. The summed E-state index contributed by atoms with van der Waals surface area (Å²) in [6.07, 6.45) is -11.0. The van der Waals surface area contributed by atoms with Crippen molar-refractivity contribution >= 4 is 12.0 Å². The number of hydrogen-bond donors (Lipinski definition) is 1. The molecule has 0 aliphatic carbocycles. The zero-order valence-electron chi connectivity index (χ0n) is 12.3. The van der Waals surface area contributed by atoms with Crippen LogP contribution >= 0.6 is 0 Å². The summed E-state index contributed by atoms with van der Waals surface area (Å²) in [5.41, 5.74) is 0.758. The number of methoxy groups -OCH3 is 1. The molecule has 0 aromatic heterocycles.